The molecule has 0 radical (unpaired) electrons. The number of thiophene rings is 1. The summed E-state index contributed by atoms with van der Waals surface area (Å²) >= 11 is 1.64. The van der Waals surface area contributed by atoms with Crippen LogP contribution in [0, 0.1) is 0 Å². The summed E-state index contributed by atoms with van der Waals surface area (Å²) in [6.45, 7) is 4.55. The van der Waals surface area contributed by atoms with Gasteiger partial charge in [-0.1, -0.05) is 6.92 Å². The van der Waals surface area contributed by atoms with Crippen molar-refractivity contribution in [3.05, 3.63) is 22.4 Å². The van der Waals surface area contributed by atoms with Crippen molar-refractivity contribution in [3.8, 4) is 0 Å². The second-order valence-corrected chi connectivity index (χ2v) is 7.22. The average Bonchev–Trinajstić information content (AvgIpc) is 2.67. The Kier molecular flexibility index (Phi) is 4.95. The van der Waals surface area contributed by atoms with Gasteiger partial charge in [-0.2, -0.15) is 11.3 Å². The quantitative estimate of drug-likeness (QED) is 0.848. The minimum Gasteiger partial charge on any atom is -0.313 e. The van der Waals surface area contributed by atoms with E-state index in [1.807, 2.05) is 18.4 Å². The maximum atomic E-state index is 11.5. The number of hydrogen-bond donors (Lipinski definition) is 1. The van der Waals surface area contributed by atoms with E-state index in [2.05, 4.69) is 10.7 Å². The van der Waals surface area contributed by atoms with Gasteiger partial charge in [0.15, 0.2) is 9.84 Å². The van der Waals surface area contributed by atoms with Crippen LogP contribution in [0.5, 0.6) is 0 Å². The van der Waals surface area contributed by atoms with Crippen molar-refractivity contribution >= 4 is 21.2 Å². The first-order valence-corrected chi connectivity index (χ1v) is 8.28. The minimum absolute atomic E-state index is 0.00500. The maximum Gasteiger partial charge on any atom is 0.151 e. The summed E-state index contributed by atoms with van der Waals surface area (Å²) in [4.78, 5) is 0. The summed E-state index contributed by atoms with van der Waals surface area (Å²) in [7, 11) is -2.99. The zero-order valence-corrected chi connectivity index (χ0v) is 11.6. The molecule has 1 heterocycles. The van der Waals surface area contributed by atoms with Crippen molar-refractivity contribution in [2.45, 2.75) is 31.6 Å². The smallest absolute Gasteiger partial charge is 0.151 e. The Balaban J connectivity index is 2.75. The minimum atomic E-state index is -2.99. The van der Waals surface area contributed by atoms with Crippen LogP contribution in [0.2, 0.25) is 0 Å². The van der Waals surface area contributed by atoms with Crippen LogP contribution in [-0.4, -0.2) is 32.5 Å². The Morgan fingerprint density at radius 3 is 2.62 bits per heavy atom. The SMILES string of the molecule is CCNC(Cc1ccsc1)C(C)S(C)(=O)=O. The highest BCUT2D eigenvalue weighted by atomic mass is 32.2. The van der Waals surface area contributed by atoms with Crippen LogP contribution in [0.1, 0.15) is 19.4 Å². The lowest BCUT2D eigenvalue weighted by Gasteiger charge is -2.23. The first-order valence-electron chi connectivity index (χ1n) is 5.38. The van der Waals surface area contributed by atoms with Gasteiger partial charge in [-0.15, -0.1) is 0 Å². The summed E-state index contributed by atoms with van der Waals surface area (Å²) < 4.78 is 23.1. The molecule has 0 aliphatic heterocycles. The third-order valence-electron chi connectivity index (χ3n) is 2.74. The summed E-state index contributed by atoms with van der Waals surface area (Å²) in [5.74, 6) is 0. The van der Waals surface area contributed by atoms with Gasteiger partial charge in [-0.25, -0.2) is 8.42 Å². The van der Waals surface area contributed by atoms with Crippen molar-refractivity contribution in [2.24, 2.45) is 0 Å². The Morgan fingerprint density at radius 1 is 1.50 bits per heavy atom. The number of rotatable bonds is 6. The highest BCUT2D eigenvalue weighted by Crippen LogP contribution is 2.13. The largest absolute Gasteiger partial charge is 0.313 e. The molecule has 1 aromatic rings. The number of sulfone groups is 1. The van der Waals surface area contributed by atoms with Gasteiger partial charge >= 0.3 is 0 Å². The average molecular weight is 261 g/mol. The Hall–Kier alpha value is -0.390. The first-order chi connectivity index (χ1) is 7.45. The Bertz CT molecular complexity index is 398. The van der Waals surface area contributed by atoms with E-state index in [9.17, 15) is 8.42 Å². The van der Waals surface area contributed by atoms with Crippen molar-refractivity contribution in [1.82, 2.24) is 5.32 Å². The summed E-state index contributed by atoms with van der Waals surface area (Å²) in [5, 5.41) is 6.98. The van der Waals surface area contributed by atoms with Gasteiger partial charge in [0.25, 0.3) is 0 Å². The monoisotopic (exact) mass is 261 g/mol. The molecule has 2 unspecified atom stereocenters. The van der Waals surface area contributed by atoms with Crippen LogP contribution in [0.15, 0.2) is 16.8 Å². The van der Waals surface area contributed by atoms with E-state index in [0.717, 1.165) is 13.0 Å². The van der Waals surface area contributed by atoms with E-state index in [1.54, 1.807) is 18.3 Å². The predicted molar refractivity (Wildman–Crippen MR) is 69.8 cm³/mol. The molecular weight excluding hydrogens is 242 g/mol. The van der Waals surface area contributed by atoms with Crippen molar-refractivity contribution < 1.29 is 8.42 Å². The highest BCUT2D eigenvalue weighted by Gasteiger charge is 2.25. The number of likely N-dealkylation sites (N-methyl/N-ethyl adjacent to an activating group) is 1. The van der Waals surface area contributed by atoms with Crippen molar-refractivity contribution in [3.63, 3.8) is 0 Å². The lowest BCUT2D eigenvalue weighted by Crippen LogP contribution is -2.43. The molecule has 0 fully saturated rings. The van der Waals surface area contributed by atoms with Gasteiger partial charge in [0, 0.05) is 12.3 Å². The third-order valence-corrected chi connectivity index (χ3v) is 5.16. The van der Waals surface area contributed by atoms with Gasteiger partial charge in [0.05, 0.1) is 5.25 Å². The molecule has 0 aliphatic rings. The maximum absolute atomic E-state index is 11.5. The molecule has 92 valence electrons. The van der Waals surface area contributed by atoms with Crippen LogP contribution in [0.25, 0.3) is 0 Å². The summed E-state index contributed by atoms with van der Waals surface area (Å²) in [6.07, 6.45) is 2.07. The molecule has 0 bridgehead atoms. The van der Waals surface area contributed by atoms with Gasteiger partial charge in [0.1, 0.15) is 0 Å². The molecule has 0 amide bonds. The molecular formula is C11H19NO2S2. The Morgan fingerprint density at radius 2 is 2.19 bits per heavy atom. The molecule has 0 spiro atoms. The number of hydrogen-bond acceptors (Lipinski definition) is 4. The fraction of sp³-hybridized carbons (Fsp3) is 0.636. The molecule has 1 N–H and O–H groups in total. The molecule has 16 heavy (non-hydrogen) atoms. The molecule has 0 saturated heterocycles. The van der Waals surface area contributed by atoms with Crippen LogP contribution < -0.4 is 5.32 Å². The molecule has 0 aromatic carbocycles. The molecule has 5 heteroatoms. The zero-order valence-electron chi connectivity index (χ0n) is 9.93. The van der Waals surface area contributed by atoms with Crippen molar-refractivity contribution in [1.29, 1.82) is 0 Å². The number of nitrogens with one attached hydrogen (secondary N) is 1. The molecule has 1 rings (SSSR count). The van der Waals surface area contributed by atoms with E-state index in [-0.39, 0.29) is 11.3 Å². The van der Waals surface area contributed by atoms with Gasteiger partial charge in [-0.3, -0.25) is 0 Å². The lowest BCUT2D eigenvalue weighted by molar-refractivity contribution is 0.494. The standard InChI is InChI=1S/C11H19NO2S2/c1-4-12-11(9(2)16(3,13)14)7-10-5-6-15-8-10/h5-6,8-9,11-12H,4,7H2,1-3H3. The van der Waals surface area contributed by atoms with Crippen molar-refractivity contribution in [2.75, 3.05) is 12.8 Å². The first kappa shape index (κ1) is 13.7. The zero-order chi connectivity index (χ0) is 12.2. The summed E-state index contributed by atoms with van der Waals surface area (Å²) in [6, 6.07) is 2.04. The van der Waals surface area contributed by atoms with Gasteiger partial charge < -0.3 is 5.32 Å². The molecule has 2 atom stereocenters. The van der Waals surface area contributed by atoms with E-state index < -0.39 is 9.84 Å². The fourth-order valence-electron chi connectivity index (χ4n) is 1.63. The third kappa shape index (κ3) is 3.88. The van der Waals surface area contributed by atoms with Crippen LogP contribution in [0.3, 0.4) is 0 Å². The highest BCUT2D eigenvalue weighted by molar-refractivity contribution is 7.91. The molecule has 0 saturated carbocycles. The van der Waals surface area contributed by atoms with Gasteiger partial charge in [0.2, 0.25) is 0 Å². The molecule has 3 nitrogen and oxygen atoms in total. The fourth-order valence-corrected chi connectivity index (χ4v) is 3.10. The summed E-state index contributed by atoms with van der Waals surface area (Å²) in [5.41, 5.74) is 1.20. The van der Waals surface area contributed by atoms with Crippen LogP contribution >= 0.6 is 11.3 Å². The molecule has 0 aliphatic carbocycles. The van der Waals surface area contributed by atoms with Gasteiger partial charge in [-0.05, 0) is 42.3 Å². The second-order valence-electron chi connectivity index (χ2n) is 4.03. The second kappa shape index (κ2) is 5.80. The lowest BCUT2D eigenvalue weighted by atomic mass is 10.1. The topological polar surface area (TPSA) is 46.2 Å². The predicted octanol–water partition coefficient (Wildman–Crippen LogP) is 1.70. The van der Waals surface area contributed by atoms with E-state index in [0.29, 0.717) is 0 Å². The van der Waals surface area contributed by atoms with E-state index in [1.165, 1.54) is 11.8 Å². The normalized spacial score (nSPS) is 15.9. The van der Waals surface area contributed by atoms with Crippen LogP contribution in [0.4, 0.5) is 0 Å². The Labute approximate surface area is 102 Å². The van der Waals surface area contributed by atoms with E-state index >= 15 is 0 Å². The van der Waals surface area contributed by atoms with Crippen LogP contribution in [-0.2, 0) is 16.3 Å². The molecule has 1 aromatic heterocycles. The van der Waals surface area contributed by atoms with E-state index in [4.69, 9.17) is 0 Å².